The maximum Gasteiger partial charge on any atom is 0.191 e. The second-order valence-electron chi connectivity index (χ2n) is 8.15. The van der Waals surface area contributed by atoms with Crippen molar-refractivity contribution in [1.29, 1.82) is 0 Å². The average molecular weight is 530 g/mol. The first-order valence-corrected chi connectivity index (χ1v) is 11.3. The van der Waals surface area contributed by atoms with Crippen molar-refractivity contribution < 1.29 is 9.47 Å². The number of hydrogen-bond donors (Lipinski definition) is 2. The molecule has 0 aromatic heterocycles. The molecular weight excluding hydrogens is 491 g/mol. The Morgan fingerprint density at radius 2 is 2.13 bits per heavy atom. The molecule has 2 aliphatic heterocycles. The van der Waals surface area contributed by atoms with Gasteiger partial charge in [-0.15, -0.1) is 24.0 Å². The van der Waals surface area contributed by atoms with Crippen LogP contribution in [0.1, 0.15) is 44.2 Å². The molecule has 6 nitrogen and oxygen atoms in total. The number of halogens is 1. The molecule has 2 saturated heterocycles. The van der Waals surface area contributed by atoms with Gasteiger partial charge in [-0.25, -0.2) is 4.99 Å². The van der Waals surface area contributed by atoms with Crippen LogP contribution < -0.4 is 15.4 Å². The Morgan fingerprint density at radius 1 is 1.27 bits per heavy atom. The van der Waals surface area contributed by atoms with Gasteiger partial charge in [0.1, 0.15) is 5.75 Å². The van der Waals surface area contributed by atoms with Crippen molar-refractivity contribution in [3.05, 3.63) is 29.3 Å². The molecule has 0 bridgehead atoms. The highest BCUT2D eigenvalue weighted by atomic mass is 127. The summed E-state index contributed by atoms with van der Waals surface area (Å²) in [5.74, 6) is 2.33. The fourth-order valence-electron chi connectivity index (χ4n) is 4.11. The predicted octanol–water partition coefficient (Wildman–Crippen LogP) is 3.57. The molecule has 7 heteroatoms. The van der Waals surface area contributed by atoms with Gasteiger partial charge in [0.15, 0.2) is 5.96 Å². The standard InChI is InChI=1S/C23H38N4O2.HI/c1-4-24-23(26-15-21-7-6-11-27(21)5-2)25-14-20-9-8-18(3)13-22(20)29-17-19-10-12-28-16-19;/h8-9,13,19,21H,4-7,10-12,14-17H2,1-3H3,(H2,24,25,26);1H. The summed E-state index contributed by atoms with van der Waals surface area (Å²) in [7, 11) is 0. The van der Waals surface area contributed by atoms with E-state index in [0.717, 1.165) is 56.5 Å². The van der Waals surface area contributed by atoms with E-state index in [1.165, 1.54) is 24.9 Å². The van der Waals surface area contributed by atoms with E-state index < -0.39 is 0 Å². The molecule has 2 N–H and O–H groups in total. The molecule has 1 aromatic carbocycles. The topological polar surface area (TPSA) is 58.1 Å². The molecule has 0 radical (unpaired) electrons. The van der Waals surface area contributed by atoms with Crippen LogP contribution >= 0.6 is 24.0 Å². The number of aryl methyl sites for hydroxylation is 1. The number of ether oxygens (including phenoxy) is 2. The second kappa shape index (κ2) is 13.4. The van der Waals surface area contributed by atoms with Crippen LogP contribution in [0.4, 0.5) is 0 Å². The minimum absolute atomic E-state index is 0. The molecule has 2 heterocycles. The Bertz CT molecular complexity index is 665. The monoisotopic (exact) mass is 530 g/mol. The van der Waals surface area contributed by atoms with E-state index in [1.54, 1.807) is 0 Å². The zero-order valence-electron chi connectivity index (χ0n) is 18.8. The summed E-state index contributed by atoms with van der Waals surface area (Å²) >= 11 is 0. The van der Waals surface area contributed by atoms with Crippen molar-refractivity contribution in [3.8, 4) is 5.75 Å². The summed E-state index contributed by atoms with van der Waals surface area (Å²) in [5.41, 5.74) is 2.34. The fourth-order valence-corrected chi connectivity index (χ4v) is 4.11. The molecule has 2 fully saturated rings. The molecule has 170 valence electrons. The third-order valence-electron chi connectivity index (χ3n) is 5.88. The first kappa shape index (κ1) is 25.2. The van der Waals surface area contributed by atoms with Crippen molar-refractivity contribution in [3.63, 3.8) is 0 Å². The van der Waals surface area contributed by atoms with Crippen LogP contribution in [0.3, 0.4) is 0 Å². The minimum Gasteiger partial charge on any atom is -0.493 e. The third kappa shape index (κ3) is 7.57. The van der Waals surface area contributed by atoms with Crippen molar-refractivity contribution in [1.82, 2.24) is 15.5 Å². The molecule has 30 heavy (non-hydrogen) atoms. The third-order valence-corrected chi connectivity index (χ3v) is 5.88. The quantitative estimate of drug-likeness (QED) is 0.291. The van der Waals surface area contributed by atoms with Gasteiger partial charge in [-0.1, -0.05) is 19.1 Å². The first-order chi connectivity index (χ1) is 14.2. The van der Waals surface area contributed by atoms with Crippen molar-refractivity contribution in [2.24, 2.45) is 10.9 Å². The maximum atomic E-state index is 6.17. The number of nitrogens with zero attached hydrogens (tertiary/aromatic N) is 2. The van der Waals surface area contributed by atoms with E-state index in [9.17, 15) is 0 Å². The minimum atomic E-state index is 0. The lowest BCUT2D eigenvalue weighted by Gasteiger charge is -2.24. The summed E-state index contributed by atoms with van der Waals surface area (Å²) in [4.78, 5) is 7.39. The van der Waals surface area contributed by atoms with Crippen LogP contribution in [0, 0.1) is 12.8 Å². The van der Waals surface area contributed by atoms with E-state index in [0.29, 0.717) is 25.1 Å². The zero-order chi connectivity index (χ0) is 20.5. The number of likely N-dealkylation sites (N-methyl/N-ethyl adjacent to an activating group) is 1. The molecule has 3 rings (SSSR count). The molecular formula is C23H39IN4O2. The van der Waals surface area contributed by atoms with Crippen molar-refractivity contribution in [2.75, 3.05) is 46.0 Å². The van der Waals surface area contributed by atoms with E-state index in [2.05, 4.69) is 54.5 Å². The molecule has 0 spiro atoms. The number of aliphatic imine (C=N–C) groups is 1. The van der Waals surface area contributed by atoms with Crippen LogP contribution in [-0.4, -0.2) is 62.9 Å². The Hall–Kier alpha value is -1.06. The lowest BCUT2D eigenvalue weighted by atomic mass is 10.1. The molecule has 1 aromatic rings. The highest BCUT2D eigenvalue weighted by Gasteiger charge is 2.22. The molecule has 2 aliphatic rings. The predicted molar refractivity (Wildman–Crippen MR) is 134 cm³/mol. The SMILES string of the molecule is CCNC(=NCc1ccc(C)cc1OCC1CCOC1)NCC1CCCN1CC.I. The Kier molecular flexibility index (Phi) is 11.2. The van der Waals surface area contributed by atoms with E-state index in [4.69, 9.17) is 14.5 Å². The number of nitrogens with one attached hydrogen (secondary N) is 2. The van der Waals surface area contributed by atoms with Gasteiger partial charge in [-0.05, 0) is 57.8 Å². The van der Waals surface area contributed by atoms with Crippen LogP contribution in [0.25, 0.3) is 0 Å². The van der Waals surface area contributed by atoms with Gasteiger partial charge in [0.2, 0.25) is 0 Å². The number of benzene rings is 1. The number of guanidine groups is 1. The number of hydrogen-bond acceptors (Lipinski definition) is 4. The lowest BCUT2D eigenvalue weighted by Crippen LogP contribution is -2.44. The molecule has 2 atom stereocenters. The number of likely N-dealkylation sites (tertiary alicyclic amines) is 1. The number of rotatable bonds is 9. The van der Waals surface area contributed by atoms with Gasteiger partial charge in [0, 0.05) is 37.2 Å². The summed E-state index contributed by atoms with van der Waals surface area (Å²) in [6, 6.07) is 7.00. The van der Waals surface area contributed by atoms with Gasteiger partial charge in [-0.2, -0.15) is 0 Å². The van der Waals surface area contributed by atoms with Crippen molar-refractivity contribution in [2.45, 2.75) is 52.6 Å². The molecule has 0 amide bonds. The van der Waals surface area contributed by atoms with E-state index in [-0.39, 0.29) is 24.0 Å². The molecule has 2 unspecified atom stereocenters. The largest absolute Gasteiger partial charge is 0.493 e. The first-order valence-electron chi connectivity index (χ1n) is 11.3. The van der Waals surface area contributed by atoms with Gasteiger partial charge in [0.25, 0.3) is 0 Å². The highest BCUT2D eigenvalue weighted by molar-refractivity contribution is 14.0. The summed E-state index contributed by atoms with van der Waals surface area (Å²) in [5, 5.41) is 6.92. The molecule has 0 saturated carbocycles. The summed E-state index contributed by atoms with van der Waals surface area (Å²) in [6.07, 6.45) is 3.65. The summed E-state index contributed by atoms with van der Waals surface area (Å²) < 4.78 is 11.6. The van der Waals surface area contributed by atoms with Crippen LogP contribution in [0.15, 0.2) is 23.2 Å². The maximum absolute atomic E-state index is 6.17. The Labute approximate surface area is 199 Å². The Morgan fingerprint density at radius 3 is 2.87 bits per heavy atom. The normalized spacial score (nSPS) is 22.0. The average Bonchev–Trinajstić information content (AvgIpc) is 3.41. The zero-order valence-corrected chi connectivity index (χ0v) is 21.1. The lowest BCUT2D eigenvalue weighted by molar-refractivity contribution is 0.166. The van der Waals surface area contributed by atoms with Gasteiger partial charge in [-0.3, -0.25) is 4.90 Å². The van der Waals surface area contributed by atoms with Crippen LogP contribution in [0.5, 0.6) is 5.75 Å². The van der Waals surface area contributed by atoms with Gasteiger partial charge in [0.05, 0.1) is 19.8 Å². The highest BCUT2D eigenvalue weighted by Crippen LogP contribution is 2.23. The van der Waals surface area contributed by atoms with E-state index in [1.807, 2.05) is 0 Å². The Balaban J connectivity index is 0.00000320. The van der Waals surface area contributed by atoms with Gasteiger partial charge >= 0.3 is 0 Å². The fraction of sp³-hybridized carbons (Fsp3) is 0.696. The van der Waals surface area contributed by atoms with Crippen molar-refractivity contribution >= 4 is 29.9 Å². The second-order valence-corrected chi connectivity index (χ2v) is 8.15. The van der Waals surface area contributed by atoms with Crippen LogP contribution in [-0.2, 0) is 11.3 Å². The van der Waals surface area contributed by atoms with Gasteiger partial charge < -0.3 is 20.1 Å². The van der Waals surface area contributed by atoms with Crippen LogP contribution in [0.2, 0.25) is 0 Å². The molecule has 0 aliphatic carbocycles. The van der Waals surface area contributed by atoms with E-state index >= 15 is 0 Å². The smallest absolute Gasteiger partial charge is 0.191 e. The summed E-state index contributed by atoms with van der Waals surface area (Å²) in [6.45, 7) is 13.6.